The van der Waals surface area contributed by atoms with Gasteiger partial charge in [0.25, 0.3) is 0 Å². The first-order valence-electron chi connectivity index (χ1n) is 6.37. The quantitative estimate of drug-likeness (QED) is 0.795. The van der Waals surface area contributed by atoms with Crippen LogP contribution in [0.2, 0.25) is 0 Å². The molecule has 0 saturated heterocycles. The maximum atomic E-state index is 11.6. The zero-order chi connectivity index (χ0) is 13.7. The van der Waals surface area contributed by atoms with Crippen LogP contribution in [-0.4, -0.2) is 23.5 Å². The van der Waals surface area contributed by atoms with Crippen molar-refractivity contribution < 1.29 is 14.7 Å². The van der Waals surface area contributed by atoms with Crippen molar-refractivity contribution >= 4 is 18.0 Å². The topological polar surface area (TPSA) is 66.4 Å². The minimum Gasteiger partial charge on any atom is -0.481 e. The van der Waals surface area contributed by atoms with Gasteiger partial charge in [0.15, 0.2) is 0 Å². The van der Waals surface area contributed by atoms with Crippen molar-refractivity contribution in [2.24, 2.45) is 5.41 Å². The van der Waals surface area contributed by atoms with Crippen LogP contribution in [0.4, 0.5) is 0 Å². The number of amides is 1. The van der Waals surface area contributed by atoms with Gasteiger partial charge in [0, 0.05) is 12.6 Å². The molecule has 1 saturated carbocycles. The van der Waals surface area contributed by atoms with Crippen LogP contribution in [0.5, 0.6) is 0 Å². The molecule has 0 bridgehead atoms. The Labute approximate surface area is 112 Å². The van der Waals surface area contributed by atoms with Crippen LogP contribution >= 0.6 is 0 Å². The smallest absolute Gasteiger partial charge is 0.311 e. The number of benzene rings is 1. The van der Waals surface area contributed by atoms with Gasteiger partial charge in [-0.15, -0.1) is 0 Å². The van der Waals surface area contributed by atoms with Crippen LogP contribution in [0.15, 0.2) is 36.4 Å². The maximum absolute atomic E-state index is 11.6. The average molecular weight is 259 g/mol. The molecule has 19 heavy (non-hydrogen) atoms. The third kappa shape index (κ3) is 3.22. The minimum absolute atomic E-state index is 0.209. The SMILES string of the molecule is O=C(C=Cc1ccccc1)NCC1(C(=O)O)CCC1. The Morgan fingerprint density at radius 1 is 1.26 bits per heavy atom. The molecule has 1 aliphatic carbocycles. The molecule has 1 amide bonds. The van der Waals surface area contributed by atoms with E-state index >= 15 is 0 Å². The fourth-order valence-corrected chi connectivity index (χ4v) is 2.12. The van der Waals surface area contributed by atoms with Gasteiger partial charge in [0.2, 0.25) is 5.91 Å². The summed E-state index contributed by atoms with van der Waals surface area (Å²) in [6, 6.07) is 9.49. The summed E-state index contributed by atoms with van der Waals surface area (Å²) in [6.45, 7) is 0.209. The van der Waals surface area contributed by atoms with Crippen molar-refractivity contribution in [3.05, 3.63) is 42.0 Å². The van der Waals surface area contributed by atoms with Gasteiger partial charge in [-0.2, -0.15) is 0 Å². The van der Waals surface area contributed by atoms with Crippen molar-refractivity contribution in [1.29, 1.82) is 0 Å². The highest BCUT2D eigenvalue weighted by molar-refractivity contribution is 5.92. The first-order chi connectivity index (χ1) is 9.12. The van der Waals surface area contributed by atoms with Crippen molar-refractivity contribution in [3.8, 4) is 0 Å². The van der Waals surface area contributed by atoms with E-state index in [9.17, 15) is 9.59 Å². The molecule has 4 heteroatoms. The predicted octanol–water partition coefficient (Wildman–Crippen LogP) is 2.07. The van der Waals surface area contributed by atoms with Crippen molar-refractivity contribution in [3.63, 3.8) is 0 Å². The molecule has 0 spiro atoms. The van der Waals surface area contributed by atoms with Gasteiger partial charge in [-0.3, -0.25) is 9.59 Å². The minimum atomic E-state index is -0.814. The van der Waals surface area contributed by atoms with E-state index in [1.54, 1.807) is 6.08 Å². The summed E-state index contributed by atoms with van der Waals surface area (Å²) in [7, 11) is 0. The Morgan fingerprint density at radius 3 is 2.47 bits per heavy atom. The number of hydrogen-bond acceptors (Lipinski definition) is 2. The summed E-state index contributed by atoms with van der Waals surface area (Å²) >= 11 is 0. The third-order valence-corrected chi connectivity index (χ3v) is 3.59. The van der Waals surface area contributed by atoms with Gasteiger partial charge in [0.05, 0.1) is 5.41 Å². The number of nitrogens with one attached hydrogen (secondary N) is 1. The summed E-state index contributed by atoms with van der Waals surface area (Å²) in [4.78, 5) is 22.8. The first kappa shape index (κ1) is 13.3. The van der Waals surface area contributed by atoms with Crippen molar-refractivity contribution in [1.82, 2.24) is 5.32 Å². The molecular weight excluding hydrogens is 242 g/mol. The van der Waals surface area contributed by atoms with E-state index in [0.29, 0.717) is 12.8 Å². The van der Waals surface area contributed by atoms with E-state index in [-0.39, 0.29) is 12.5 Å². The van der Waals surface area contributed by atoms with E-state index in [2.05, 4.69) is 5.32 Å². The fraction of sp³-hybridized carbons (Fsp3) is 0.333. The molecule has 2 rings (SSSR count). The number of carboxylic acids is 1. The Kier molecular flexibility index (Phi) is 4.00. The highest BCUT2D eigenvalue weighted by Gasteiger charge is 2.44. The lowest BCUT2D eigenvalue weighted by atomic mass is 9.69. The Hall–Kier alpha value is -2.10. The molecule has 0 atom stereocenters. The van der Waals surface area contributed by atoms with E-state index in [4.69, 9.17) is 5.11 Å². The molecule has 1 fully saturated rings. The fourth-order valence-electron chi connectivity index (χ4n) is 2.12. The van der Waals surface area contributed by atoms with E-state index < -0.39 is 11.4 Å². The van der Waals surface area contributed by atoms with Crippen molar-refractivity contribution in [2.75, 3.05) is 6.54 Å². The number of carbonyl (C=O) groups excluding carboxylic acids is 1. The van der Waals surface area contributed by atoms with Crippen LogP contribution < -0.4 is 5.32 Å². The van der Waals surface area contributed by atoms with Gasteiger partial charge in [-0.05, 0) is 24.5 Å². The van der Waals surface area contributed by atoms with Crippen LogP contribution in [0, 0.1) is 5.41 Å². The Bertz CT molecular complexity index is 489. The molecular formula is C15H17NO3. The average Bonchev–Trinajstić information content (AvgIpc) is 2.36. The Balaban J connectivity index is 1.85. The van der Waals surface area contributed by atoms with Gasteiger partial charge < -0.3 is 10.4 Å². The lowest BCUT2D eigenvalue weighted by Gasteiger charge is -2.37. The molecule has 4 nitrogen and oxygen atoms in total. The molecule has 0 aromatic heterocycles. The van der Waals surface area contributed by atoms with Crippen molar-refractivity contribution in [2.45, 2.75) is 19.3 Å². The summed E-state index contributed by atoms with van der Waals surface area (Å²) < 4.78 is 0. The van der Waals surface area contributed by atoms with Gasteiger partial charge in [-0.1, -0.05) is 36.8 Å². The highest BCUT2D eigenvalue weighted by atomic mass is 16.4. The number of hydrogen-bond donors (Lipinski definition) is 2. The molecule has 1 aliphatic rings. The number of aliphatic carboxylic acids is 1. The molecule has 0 aliphatic heterocycles. The summed E-state index contributed by atoms with van der Waals surface area (Å²) in [5.41, 5.74) is 0.199. The molecule has 1 aromatic carbocycles. The normalized spacial score (nSPS) is 16.8. The third-order valence-electron chi connectivity index (χ3n) is 3.59. The molecule has 0 heterocycles. The second-order valence-corrected chi connectivity index (χ2v) is 4.90. The molecule has 2 N–H and O–H groups in total. The van der Waals surface area contributed by atoms with E-state index in [0.717, 1.165) is 12.0 Å². The molecule has 0 unspecified atom stereocenters. The second kappa shape index (κ2) is 5.69. The van der Waals surface area contributed by atoms with E-state index in [1.165, 1.54) is 6.08 Å². The molecule has 0 radical (unpaired) electrons. The van der Waals surface area contributed by atoms with Crippen LogP contribution in [0.25, 0.3) is 6.08 Å². The second-order valence-electron chi connectivity index (χ2n) is 4.90. The van der Waals surface area contributed by atoms with E-state index in [1.807, 2.05) is 30.3 Å². The summed E-state index contributed by atoms with van der Waals surface area (Å²) in [6.07, 6.45) is 5.35. The van der Waals surface area contributed by atoms with Gasteiger partial charge in [0.1, 0.15) is 0 Å². The van der Waals surface area contributed by atoms with Gasteiger partial charge >= 0.3 is 5.97 Å². The summed E-state index contributed by atoms with van der Waals surface area (Å²) in [5, 5.41) is 11.8. The number of carbonyl (C=O) groups is 2. The highest BCUT2D eigenvalue weighted by Crippen LogP contribution is 2.40. The lowest BCUT2D eigenvalue weighted by Crippen LogP contribution is -2.47. The van der Waals surface area contributed by atoms with Crippen LogP contribution in [0.1, 0.15) is 24.8 Å². The molecule has 1 aromatic rings. The Morgan fingerprint density at radius 2 is 1.95 bits per heavy atom. The molecule has 100 valence electrons. The first-order valence-corrected chi connectivity index (χ1v) is 6.37. The number of carboxylic acid groups (broad SMARTS) is 1. The monoisotopic (exact) mass is 259 g/mol. The van der Waals surface area contributed by atoms with Gasteiger partial charge in [-0.25, -0.2) is 0 Å². The largest absolute Gasteiger partial charge is 0.481 e. The van der Waals surface area contributed by atoms with Crippen LogP contribution in [0.3, 0.4) is 0 Å². The van der Waals surface area contributed by atoms with Crippen LogP contribution in [-0.2, 0) is 9.59 Å². The zero-order valence-electron chi connectivity index (χ0n) is 10.6. The number of rotatable bonds is 5. The zero-order valence-corrected chi connectivity index (χ0v) is 10.6. The lowest BCUT2D eigenvalue weighted by molar-refractivity contribution is -0.154. The standard InChI is InChI=1S/C15H17NO3/c17-13(8-7-12-5-2-1-3-6-12)16-11-15(14(18)19)9-4-10-15/h1-3,5-8H,4,9-11H2,(H,16,17)(H,18,19). The summed E-state index contributed by atoms with van der Waals surface area (Å²) in [5.74, 6) is -1.07. The maximum Gasteiger partial charge on any atom is 0.311 e. The predicted molar refractivity (Wildman–Crippen MR) is 72.4 cm³/mol.